The fraction of sp³-hybridized carbons (Fsp3) is 0.556. The molecular formula is C18H26N2O2. The molecule has 22 heavy (non-hydrogen) atoms. The van der Waals surface area contributed by atoms with Crippen LogP contribution in [0.3, 0.4) is 0 Å². The van der Waals surface area contributed by atoms with Gasteiger partial charge in [-0.15, -0.1) is 0 Å². The van der Waals surface area contributed by atoms with Crippen LogP contribution in [0.4, 0.5) is 5.69 Å². The van der Waals surface area contributed by atoms with E-state index in [0.717, 1.165) is 5.69 Å². The molecule has 0 saturated carbocycles. The molecule has 1 aromatic carbocycles. The lowest BCUT2D eigenvalue weighted by atomic mass is 10.0. The summed E-state index contributed by atoms with van der Waals surface area (Å²) >= 11 is 0. The number of hydrogen-bond donors (Lipinski definition) is 1. The Morgan fingerprint density at radius 3 is 2.41 bits per heavy atom. The van der Waals surface area contributed by atoms with E-state index in [9.17, 15) is 9.59 Å². The number of carbonyl (C=O) groups is 2. The first-order valence-electron chi connectivity index (χ1n) is 8.06. The van der Waals surface area contributed by atoms with Crippen molar-refractivity contribution in [1.82, 2.24) is 5.32 Å². The molecule has 2 amide bonds. The highest BCUT2D eigenvalue weighted by molar-refractivity contribution is 6.00. The van der Waals surface area contributed by atoms with Crippen LogP contribution in [0, 0.1) is 11.8 Å². The number of carbonyl (C=O) groups excluding carboxylic acids is 2. The van der Waals surface area contributed by atoms with Gasteiger partial charge >= 0.3 is 0 Å². The molecule has 1 atom stereocenters. The van der Waals surface area contributed by atoms with Gasteiger partial charge in [-0.1, -0.05) is 39.8 Å². The molecule has 1 saturated heterocycles. The Bertz CT molecular complexity index is 535. The zero-order valence-electron chi connectivity index (χ0n) is 13.9. The largest absolute Gasteiger partial charge is 0.356 e. The second-order valence-electron chi connectivity index (χ2n) is 6.79. The van der Waals surface area contributed by atoms with Crippen LogP contribution in [0.1, 0.15) is 45.6 Å². The topological polar surface area (TPSA) is 49.4 Å². The van der Waals surface area contributed by atoms with Crippen molar-refractivity contribution in [2.75, 3.05) is 18.0 Å². The first-order valence-corrected chi connectivity index (χ1v) is 8.06. The van der Waals surface area contributed by atoms with Crippen LogP contribution >= 0.6 is 0 Å². The van der Waals surface area contributed by atoms with Gasteiger partial charge in [-0.05, 0) is 29.5 Å². The third kappa shape index (κ3) is 3.87. The summed E-state index contributed by atoms with van der Waals surface area (Å²) in [6.45, 7) is 9.54. The van der Waals surface area contributed by atoms with Crippen LogP contribution in [0.5, 0.6) is 0 Å². The van der Waals surface area contributed by atoms with Crippen LogP contribution in [-0.2, 0) is 9.59 Å². The molecule has 4 heteroatoms. The van der Waals surface area contributed by atoms with Crippen molar-refractivity contribution in [3.63, 3.8) is 0 Å². The van der Waals surface area contributed by atoms with Crippen molar-refractivity contribution in [3.8, 4) is 0 Å². The summed E-state index contributed by atoms with van der Waals surface area (Å²) in [5.41, 5.74) is 2.13. The molecule has 1 N–H and O–H groups in total. The SMILES string of the molecule is CC(C)CNC(=O)[C@H]1CC(=O)N(c2ccc(C(C)C)cc2)C1. The predicted molar refractivity (Wildman–Crippen MR) is 88.8 cm³/mol. The van der Waals surface area contributed by atoms with Crippen molar-refractivity contribution in [2.45, 2.75) is 40.0 Å². The van der Waals surface area contributed by atoms with Gasteiger partial charge < -0.3 is 10.2 Å². The van der Waals surface area contributed by atoms with E-state index in [1.807, 2.05) is 12.1 Å². The predicted octanol–water partition coefficient (Wildman–Crippen LogP) is 2.94. The molecule has 0 bridgehead atoms. The Morgan fingerprint density at radius 1 is 1.23 bits per heavy atom. The summed E-state index contributed by atoms with van der Waals surface area (Å²) in [6.07, 6.45) is 0.301. The van der Waals surface area contributed by atoms with E-state index >= 15 is 0 Å². The molecule has 2 rings (SSSR count). The number of nitrogens with one attached hydrogen (secondary N) is 1. The minimum absolute atomic E-state index is 0.0108. The van der Waals surface area contributed by atoms with E-state index in [2.05, 4.69) is 45.1 Å². The molecule has 0 unspecified atom stereocenters. The molecule has 1 aliphatic rings. The van der Waals surface area contributed by atoms with Gasteiger partial charge in [-0.25, -0.2) is 0 Å². The molecule has 1 heterocycles. The molecule has 0 radical (unpaired) electrons. The van der Waals surface area contributed by atoms with E-state index in [4.69, 9.17) is 0 Å². The van der Waals surface area contributed by atoms with E-state index in [1.54, 1.807) is 4.90 Å². The normalized spacial score (nSPS) is 18.4. The van der Waals surface area contributed by atoms with Crippen LogP contribution in [0.25, 0.3) is 0 Å². The molecule has 1 aromatic rings. The van der Waals surface area contributed by atoms with Crippen LogP contribution in [0.2, 0.25) is 0 Å². The second-order valence-corrected chi connectivity index (χ2v) is 6.79. The third-order valence-corrected chi connectivity index (χ3v) is 4.05. The molecule has 4 nitrogen and oxygen atoms in total. The van der Waals surface area contributed by atoms with E-state index in [1.165, 1.54) is 5.56 Å². The Balaban J connectivity index is 2.01. The van der Waals surface area contributed by atoms with Gasteiger partial charge in [-0.3, -0.25) is 9.59 Å². The summed E-state index contributed by atoms with van der Waals surface area (Å²) < 4.78 is 0. The van der Waals surface area contributed by atoms with Crippen LogP contribution < -0.4 is 10.2 Å². The molecular weight excluding hydrogens is 276 g/mol. The minimum Gasteiger partial charge on any atom is -0.356 e. The summed E-state index contributed by atoms with van der Waals surface area (Å²) in [6, 6.07) is 8.06. The maximum atomic E-state index is 12.2. The van der Waals surface area contributed by atoms with Crippen molar-refractivity contribution >= 4 is 17.5 Å². The standard InChI is InChI=1S/C18H26N2O2/c1-12(2)10-19-18(22)15-9-17(21)20(11-15)16-7-5-14(6-8-16)13(3)4/h5-8,12-13,15H,9-11H2,1-4H3,(H,19,22)/t15-/m0/s1. The highest BCUT2D eigenvalue weighted by Gasteiger charge is 2.34. The molecule has 1 aliphatic heterocycles. The number of nitrogens with zero attached hydrogens (tertiary/aromatic N) is 1. The van der Waals surface area contributed by atoms with E-state index in [-0.39, 0.29) is 17.7 Å². The van der Waals surface area contributed by atoms with Crippen LogP contribution in [0.15, 0.2) is 24.3 Å². The molecule has 120 valence electrons. The lowest BCUT2D eigenvalue weighted by molar-refractivity contribution is -0.126. The average Bonchev–Trinajstić information content (AvgIpc) is 2.87. The van der Waals surface area contributed by atoms with Crippen molar-refractivity contribution in [2.24, 2.45) is 11.8 Å². The van der Waals surface area contributed by atoms with Crippen molar-refractivity contribution in [1.29, 1.82) is 0 Å². The summed E-state index contributed by atoms with van der Waals surface area (Å²) in [7, 11) is 0. The summed E-state index contributed by atoms with van der Waals surface area (Å²) in [5, 5.41) is 2.92. The second kappa shape index (κ2) is 6.95. The number of amides is 2. The minimum atomic E-state index is -0.240. The molecule has 1 fully saturated rings. The Hall–Kier alpha value is -1.84. The van der Waals surface area contributed by atoms with Crippen molar-refractivity contribution < 1.29 is 9.59 Å². The van der Waals surface area contributed by atoms with E-state index in [0.29, 0.717) is 31.3 Å². The summed E-state index contributed by atoms with van der Waals surface area (Å²) in [5.74, 6) is 0.667. The first-order chi connectivity index (χ1) is 10.4. The maximum Gasteiger partial charge on any atom is 0.227 e. The smallest absolute Gasteiger partial charge is 0.227 e. The molecule has 0 aromatic heterocycles. The van der Waals surface area contributed by atoms with Gasteiger partial charge in [0.1, 0.15) is 0 Å². The summed E-state index contributed by atoms with van der Waals surface area (Å²) in [4.78, 5) is 26.0. The monoisotopic (exact) mass is 302 g/mol. The number of rotatable bonds is 5. The van der Waals surface area contributed by atoms with Crippen LogP contribution in [-0.4, -0.2) is 24.9 Å². The average molecular weight is 302 g/mol. The third-order valence-electron chi connectivity index (χ3n) is 4.05. The lowest BCUT2D eigenvalue weighted by Gasteiger charge is -2.18. The van der Waals surface area contributed by atoms with E-state index < -0.39 is 0 Å². The fourth-order valence-electron chi connectivity index (χ4n) is 2.62. The number of hydrogen-bond acceptors (Lipinski definition) is 2. The van der Waals surface area contributed by atoms with Gasteiger partial charge in [0.05, 0.1) is 5.92 Å². The van der Waals surface area contributed by atoms with Gasteiger partial charge in [0.25, 0.3) is 0 Å². The lowest BCUT2D eigenvalue weighted by Crippen LogP contribution is -2.35. The quantitative estimate of drug-likeness (QED) is 0.909. The highest BCUT2D eigenvalue weighted by atomic mass is 16.2. The fourth-order valence-corrected chi connectivity index (χ4v) is 2.62. The molecule has 0 spiro atoms. The maximum absolute atomic E-state index is 12.2. The van der Waals surface area contributed by atoms with Gasteiger partial charge in [0.2, 0.25) is 11.8 Å². The first kappa shape index (κ1) is 16.5. The molecule has 0 aliphatic carbocycles. The van der Waals surface area contributed by atoms with Gasteiger partial charge in [-0.2, -0.15) is 0 Å². The van der Waals surface area contributed by atoms with Gasteiger partial charge in [0.15, 0.2) is 0 Å². The Labute approximate surface area is 132 Å². The zero-order valence-corrected chi connectivity index (χ0v) is 13.9. The number of anilines is 1. The zero-order chi connectivity index (χ0) is 16.3. The van der Waals surface area contributed by atoms with Crippen molar-refractivity contribution in [3.05, 3.63) is 29.8 Å². The Morgan fingerprint density at radius 2 is 1.86 bits per heavy atom. The number of benzene rings is 1. The Kier molecular flexibility index (Phi) is 5.22. The van der Waals surface area contributed by atoms with Gasteiger partial charge in [0, 0.05) is 25.2 Å². The highest BCUT2D eigenvalue weighted by Crippen LogP contribution is 2.26.